The molecule has 0 bridgehead atoms. The van der Waals surface area contributed by atoms with Crippen LogP contribution in [-0.4, -0.2) is 54.5 Å². The van der Waals surface area contributed by atoms with Gasteiger partial charge >= 0.3 is 5.97 Å². The van der Waals surface area contributed by atoms with E-state index >= 15 is 0 Å². The second-order valence-corrected chi connectivity index (χ2v) is 10.8. The van der Waals surface area contributed by atoms with E-state index in [4.69, 9.17) is 24.1 Å². The van der Waals surface area contributed by atoms with Crippen molar-refractivity contribution in [2.45, 2.75) is 63.9 Å². The van der Waals surface area contributed by atoms with Gasteiger partial charge in [-0.25, -0.2) is 4.79 Å². The first-order valence-electron chi connectivity index (χ1n) is 13.0. The molecule has 0 spiro atoms. The monoisotopic (exact) mass is 495 g/mol. The zero-order valence-corrected chi connectivity index (χ0v) is 21.4. The SMILES string of the molecule is COc1cccc2c1OC(C)(C)[C@H]1CC[C@H](C3CCN(Cc4ccc(OCC(=O)O)cc4)CC3)O[C@H]21. The van der Waals surface area contributed by atoms with Crippen molar-refractivity contribution in [1.29, 1.82) is 0 Å². The largest absolute Gasteiger partial charge is 0.493 e. The molecule has 0 aromatic heterocycles. The molecule has 7 heteroatoms. The molecule has 2 aromatic rings. The lowest BCUT2D eigenvalue weighted by Crippen LogP contribution is -2.50. The molecule has 2 saturated heterocycles. The number of likely N-dealkylation sites (tertiary alicyclic amines) is 1. The van der Waals surface area contributed by atoms with E-state index in [2.05, 4.69) is 24.8 Å². The van der Waals surface area contributed by atoms with Crippen molar-refractivity contribution >= 4 is 5.97 Å². The van der Waals surface area contributed by atoms with Crippen molar-refractivity contribution in [3.05, 3.63) is 53.6 Å². The molecule has 36 heavy (non-hydrogen) atoms. The number of para-hydroxylation sites is 1. The number of hydrogen-bond acceptors (Lipinski definition) is 6. The second kappa shape index (κ2) is 10.3. The zero-order valence-electron chi connectivity index (χ0n) is 21.4. The minimum atomic E-state index is -0.969. The standard InChI is InChI=1S/C29H37NO6/c1-29(2)23-11-12-24(35-27(23)22-5-4-6-25(33-3)28(22)36-29)20-13-15-30(16-14-20)17-19-7-9-21(10-8-19)34-18-26(31)32/h4-10,20,23-24,27H,11-18H2,1-3H3,(H,31,32)/t23-,24+,27+/m0/s1. The Kier molecular flexibility index (Phi) is 7.13. The number of carboxylic acid groups (broad SMARTS) is 1. The lowest BCUT2D eigenvalue weighted by molar-refractivity contribution is -0.168. The molecule has 3 atom stereocenters. The molecule has 2 fully saturated rings. The maximum absolute atomic E-state index is 10.7. The zero-order chi connectivity index (χ0) is 25.3. The number of aliphatic carboxylic acids is 1. The Morgan fingerprint density at radius 1 is 1.08 bits per heavy atom. The summed E-state index contributed by atoms with van der Waals surface area (Å²) in [6, 6.07) is 13.9. The van der Waals surface area contributed by atoms with Gasteiger partial charge in [0.1, 0.15) is 11.4 Å². The van der Waals surface area contributed by atoms with Gasteiger partial charge < -0.3 is 24.1 Å². The molecule has 194 valence electrons. The fourth-order valence-corrected chi connectivity index (χ4v) is 6.14. The van der Waals surface area contributed by atoms with E-state index in [9.17, 15) is 4.79 Å². The number of piperidine rings is 1. The highest BCUT2D eigenvalue weighted by Gasteiger charge is 2.49. The first-order chi connectivity index (χ1) is 17.3. The molecule has 3 aliphatic rings. The van der Waals surface area contributed by atoms with E-state index < -0.39 is 5.97 Å². The fourth-order valence-electron chi connectivity index (χ4n) is 6.14. The number of fused-ring (bicyclic) bond motifs is 3. The Hall–Kier alpha value is -2.77. The quantitative estimate of drug-likeness (QED) is 0.574. The maximum Gasteiger partial charge on any atom is 0.341 e. The van der Waals surface area contributed by atoms with Crippen LogP contribution in [0, 0.1) is 11.8 Å². The molecule has 0 unspecified atom stereocenters. The van der Waals surface area contributed by atoms with E-state index in [1.54, 1.807) is 7.11 Å². The third kappa shape index (κ3) is 5.18. The summed E-state index contributed by atoms with van der Waals surface area (Å²) in [7, 11) is 1.69. The maximum atomic E-state index is 10.7. The van der Waals surface area contributed by atoms with E-state index in [0.29, 0.717) is 17.6 Å². The highest BCUT2D eigenvalue weighted by molar-refractivity contribution is 5.68. The van der Waals surface area contributed by atoms with Crippen LogP contribution < -0.4 is 14.2 Å². The highest BCUT2D eigenvalue weighted by Crippen LogP contribution is 2.54. The molecular formula is C29H37NO6. The van der Waals surface area contributed by atoms with Gasteiger partial charge in [0.25, 0.3) is 0 Å². The van der Waals surface area contributed by atoms with Crippen molar-refractivity contribution < 1.29 is 28.8 Å². The van der Waals surface area contributed by atoms with Crippen molar-refractivity contribution in [2.75, 3.05) is 26.8 Å². The molecule has 0 aliphatic carbocycles. The van der Waals surface area contributed by atoms with Crippen LogP contribution in [0.4, 0.5) is 0 Å². The third-order valence-electron chi connectivity index (χ3n) is 8.09. The summed E-state index contributed by atoms with van der Waals surface area (Å²) >= 11 is 0. The van der Waals surface area contributed by atoms with Crippen LogP contribution in [-0.2, 0) is 16.1 Å². The van der Waals surface area contributed by atoms with Gasteiger partial charge in [-0.3, -0.25) is 4.90 Å². The molecule has 7 nitrogen and oxygen atoms in total. The number of methoxy groups -OCH3 is 1. The summed E-state index contributed by atoms with van der Waals surface area (Å²) in [4.78, 5) is 13.2. The van der Waals surface area contributed by atoms with Crippen molar-refractivity contribution in [1.82, 2.24) is 4.90 Å². The van der Waals surface area contributed by atoms with Crippen LogP contribution in [0.1, 0.15) is 56.8 Å². The van der Waals surface area contributed by atoms with Crippen molar-refractivity contribution in [3.8, 4) is 17.2 Å². The molecule has 1 N–H and O–H groups in total. The van der Waals surface area contributed by atoms with Gasteiger partial charge in [0.05, 0.1) is 19.3 Å². The van der Waals surface area contributed by atoms with Gasteiger partial charge in [0.15, 0.2) is 18.1 Å². The highest BCUT2D eigenvalue weighted by atomic mass is 16.5. The van der Waals surface area contributed by atoms with Crippen LogP contribution in [0.15, 0.2) is 42.5 Å². The number of nitrogens with zero attached hydrogens (tertiary/aromatic N) is 1. The minimum absolute atomic E-state index is 0.0393. The molecule has 3 heterocycles. The number of ether oxygens (including phenoxy) is 4. The van der Waals surface area contributed by atoms with Crippen molar-refractivity contribution in [2.24, 2.45) is 11.8 Å². The first kappa shape index (κ1) is 24.9. The average Bonchev–Trinajstić information content (AvgIpc) is 2.88. The van der Waals surface area contributed by atoms with Crippen LogP contribution in [0.2, 0.25) is 0 Å². The Labute approximate surface area is 213 Å². The normalized spacial score (nSPS) is 25.8. The molecular weight excluding hydrogens is 458 g/mol. The van der Waals surface area contributed by atoms with Crippen LogP contribution in [0.25, 0.3) is 0 Å². The van der Waals surface area contributed by atoms with Gasteiger partial charge in [-0.1, -0.05) is 24.3 Å². The van der Waals surface area contributed by atoms with E-state index in [1.807, 2.05) is 36.4 Å². The lowest BCUT2D eigenvalue weighted by atomic mass is 9.73. The molecule has 3 aliphatic heterocycles. The summed E-state index contributed by atoms with van der Waals surface area (Å²) in [5.74, 6) is 2.12. The van der Waals surface area contributed by atoms with E-state index in [0.717, 1.165) is 62.4 Å². The molecule has 0 amide bonds. The molecule has 0 saturated carbocycles. The van der Waals surface area contributed by atoms with Gasteiger partial charge in [-0.15, -0.1) is 0 Å². The Morgan fingerprint density at radius 2 is 1.83 bits per heavy atom. The van der Waals surface area contributed by atoms with Gasteiger partial charge in [-0.05, 0) is 82.3 Å². The topological polar surface area (TPSA) is 77.5 Å². The number of carboxylic acids is 1. The Bertz CT molecular complexity index is 1060. The van der Waals surface area contributed by atoms with E-state index in [1.165, 1.54) is 5.56 Å². The predicted molar refractivity (Wildman–Crippen MR) is 136 cm³/mol. The van der Waals surface area contributed by atoms with Gasteiger partial charge in [0.2, 0.25) is 0 Å². The summed E-state index contributed by atoms with van der Waals surface area (Å²) in [5, 5.41) is 8.75. The van der Waals surface area contributed by atoms with Crippen LogP contribution in [0.3, 0.4) is 0 Å². The molecule has 5 rings (SSSR count). The third-order valence-corrected chi connectivity index (χ3v) is 8.09. The van der Waals surface area contributed by atoms with Crippen LogP contribution >= 0.6 is 0 Å². The summed E-state index contributed by atoms with van der Waals surface area (Å²) in [6.07, 6.45) is 4.76. The molecule has 0 radical (unpaired) electrons. The number of benzene rings is 2. The fraction of sp³-hybridized carbons (Fsp3) is 0.552. The summed E-state index contributed by atoms with van der Waals surface area (Å²) in [6.45, 7) is 7.02. The first-order valence-corrected chi connectivity index (χ1v) is 13.0. The van der Waals surface area contributed by atoms with E-state index in [-0.39, 0.29) is 24.4 Å². The number of rotatable bonds is 7. The molecule has 2 aromatic carbocycles. The van der Waals surface area contributed by atoms with Crippen molar-refractivity contribution in [3.63, 3.8) is 0 Å². The van der Waals surface area contributed by atoms with Gasteiger partial charge in [0, 0.05) is 18.0 Å². The number of carbonyl (C=O) groups is 1. The second-order valence-electron chi connectivity index (χ2n) is 10.8. The minimum Gasteiger partial charge on any atom is -0.493 e. The summed E-state index contributed by atoms with van der Waals surface area (Å²) < 4.78 is 24.2. The Balaban J connectivity index is 1.18. The average molecular weight is 496 g/mol. The Morgan fingerprint density at radius 3 is 2.53 bits per heavy atom. The van der Waals surface area contributed by atoms with Gasteiger partial charge in [-0.2, -0.15) is 0 Å². The smallest absolute Gasteiger partial charge is 0.341 e. The summed E-state index contributed by atoms with van der Waals surface area (Å²) in [5.41, 5.74) is 2.04. The lowest BCUT2D eigenvalue weighted by Gasteiger charge is -2.50. The number of hydrogen-bond donors (Lipinski definition) is 1. The van der Waals surface area contributed by atoms with Crippen LogP contribution in [0.5, 0.6) is 17.2 Å². The predicted octanol–water partition coefficient (Wildman–Crippen LogP) is 5.08.